The molecule has 2 saturated heterocycles. The first-order chi connectivity index (χ1) is 13.0. The van der Waals surface area contributed by atoms with E-state index in [4.69, 9.17) is 11.6 Å². The van der Waals surface area contributed by atoms with Crippen LogP contribution in [0.5, 0.6) is 0 Å². The Morgan fingerprint density at radius 3 is 2.59 bits per heavy atom. The maximum Gasteiger partial charge on any atom is 0.255 e. The molecule has 5 nitrogen and oxygen atoms in total. The second kappa shape index (κ2) is 7.64. The molecule has 27 heavy (non-hydrogen) atoms. The predicted octanol–water partition coefficient (Wildman–Crippen LogP) is 3.84. The fourth-order valence-electron chi connectivity index (χ4n) is 4.41. The number of likely N-dealkylation sites (tertiary alicyclic amines) is 2. The minimum atomic E-state index is 0.0345. The third kappa shape index (κ3) is 3.76. The number of carbonyl (C=O) groups excluding carboxylic acids is 1. The van der Waals surface area contributed by atoms with E-state index in [2.05, 4.69) is 10.00 Å². The number of nitrogens with zero attached hydrogens (tertiary/aromatic N) is 4. The summed E-state index contributed by atoms with van der Waals surface area (Å²) in [5.41, 5.74) is 3.45. The number of benzene rings is 1. The molecule has 0 spiro atoms. The molecule has 3 heterocycles. The molecule has 1 unspecified atom stereocenters. The molecule has 0 radical (unpaired) electrons. The van der Waals surface area contributed by atoms with E-state index < -0.39 is 0 Å². The fraction of sp³-hybridized carbons (Fsp3) is 0.524. The summed E-state index contributed by atoms with van der Waals surface area (Å²) in [5.74, 6) is 0.0345. The number of amides is 1. The van der Waals surface area contributed by atoms with Crippen LogP contribution in [0.15, 0.2) is 24.3 Å². The maximum absolute atomic E-state index is 13.2. The van der Waals surface area contributed by atoms with Crippen LogP contribution in [-0.4, -0.2) is 57.7 Å². The molecule has 2 fully saturated rings. The molecule has 2 aromatic rings. The molecule has 0 bridgehead atoms. The van der Waals surface area contributed by atoms with Crippen molar-refractivity contribution in [3.63, 3.8) is 0 Å². The summed E-state index contributed by atoms with van der Waals surface area (Å²) in [6, 6.07) is 8.12. The van der Waals surface area contributed by atoms with Gasteiger partial charge in [0.1, 0.15) is 0 Å². The van der Waals surface area contributed by atoms with Crippen molar-refractivity contribution in [2.75, 3.05) is 26.2 Å². The molecule has 2 aliphatic rings. The van der Waals surface area contributed by atoms with Gasteiger partial charge in [-0.15, -0.1) is 0 Å². The second-order valence-corrected chi connectivity index (χ2v) is 8.20. The molecule has 6 heteroatoms. The third-order valence-corrected chi connectivity index (χ3v) is 6.10. The molecule has 1 aromatic heterocycles. The first-order valence-electron chi connectivity index (χ1n) is 9.89. The van der Waals surface area contributed by atoms with Crippen LogP contribution in [0, 0.1) is 13.8 Å². The lowest BCUT2D eigenvalue weighted by molar-refractivity contribution is 0.0608. The van der Waals surface area contributed by atoms with E-state index >= 15 is 0 Å². The fourth-order valence-corrected chi connectivity index (χ4v) is 4.61. The molecule has 0 aliphatic carbocycles. The number of halogens is 1. The molecular weight excluding hydrogens is 360 g/mol. The summed E-state index contributed by atoms with van der Waals surface area (Å²) < 4.78 is 1.87. The molecule has 0 saturated carbocycles. The number of carbonyl (C=O) groups is 1. The van der Waals surface area contributed by atoms with Crippen LogP contribution in [0.3, 0.4) is 0 Å². The number of aryl methyl sites for hydroxylation is 2. The minimum Gasteiger partial charge on any atom is -0.337 e. The number of rotatable bonds is 3. The van der Waals surface area contributed by atoms with Crippen molar-refractivity contribution in [1.82, 2.24) is 19.6 Å². The van der Waals surface area contributed by atoms with Gasteiger partial charge in [-0.3, -0.25) is 9.69 Å². The summed E-state index contributed by atoms with van der Waals surface area (Å²) in [7, 11) is 0. The average molecular weight is 387 g/mol. The zero-order chi connectivity index (χ0) is 19.0. The van der Waals surface area contributed by atoms with Gasteiger partial charge >= 0.3 is 0 Å². The number of piperidine rings is 1. The van der Waals surface area contributed by atoms with E-state index in [0.717, 1.165) is 36.6 Å². The Morgan fingerprint density at radius 1 is 1.11 bits per heavy atom. The van der Waals surface area contributed by atoms with Crippen LogP contribution in [-0.2, 0) is 0 Å². The topological polar surface area (TPSA) is 41.4 Å². The Labute approximate surface area is 165 Å². The first-order valence-corrected chi connectivity index (χ1v) is 10.3. The van der Waals surface area contributed by atoms with Crippen molar-refractivity contribution in [3.8, 4) is 5.69 Å². The maximum atomic E-state index is 13.2. The quantitative estimate of drug-likeness (QED) is 0.804. The highest BCUT2D eigenvalue weighted by molar-refractivity contribution is 6.33. The molecule has 4 rings (SSSR count). The van der Waals surface area contributed by atoms with Gasteiger partial charge < -0.3 is 4.90 Å². The molecule has 1 aromatic carbocycles. The average Bonchev–Trinajstić information content (AvgIpc) is 3.31. The van der Waals surface area contributed by atoms with Crippen LogP contribution >= 0.6 is 11.6 Å². The molecular formula is C21H27ClN4O. The van der Waals surface area contributed by atoms with Crippen LogP contribution in [0.25, 0.3) is 5.69 Å². The first kappa shape index (κ1) is 18.5. The lowest BCUT2D eigenvalue weighted by atomic mass is 10.0. The van der Waals surface area contributed by atoms with Crippen molar-refractivity contribution in [1.29, 1.82) is 0 Å². The van der Waals surface area contributed by atoms with E-state index in [0.29, 0.717) is 16.6 Å². The van der Waals surface area contributed by atoms with E-state index in [1.165, 1.54) is 32.4 Å². The molecule has 0 N–H and O–H groups in total. The van der Waals surface area contributed by atoms with E-state index in [1.807, 2.05) is 47.7 Å². The lowest BCUT2D eigenvalue weighted by Crippen LogP contribution is -2.49. The standard InChI is InChI=1S/C21H27ClN4O/c1-15-12-16(2)26(23-15)17-7-8-20(22)19(13-17)21(27)25-11-5-6-18(14-25)24-9-3-4-10-24/h7-8,12-13,18H,3-6,9-11,14H2,1-2H3. The highest BCUT2D eigenvalue weighted by Crippen LogP contribution is 2.26. The Hall–Kier alpha value is -1.85. The van der Waals surface area contributed by atoms with Crippen molar-refractivity contribution < 1.29 is 4.79 Å². The third-order valence-electron chi connectivity index (χ3n) is 5.78. The molecule has 144 valence electrons. The highest BCUT2D eigenvalue weighted by atomic mass is 35.5. The minimum absolute atomic E-state index is 0.0345. The zero-order valence-electron chi connectivity index (χ0n) is 16.1. The Bertz CT molecular complexity index is 841. The predicted molar refractivity (Wildman–Crippen MR) is 108 cm³/mol. The van der Waals surface area contributed by atoms with Crippen LogP contribution in [0.4, 0.5) is 0 Å². The smallest absolute Gasteiger partial charge is 0.255 e. The normalized spacial score (nSPS) is 21.0. The molecule has 2 aliphatic heterocycles. The summed E-state index contributed by atoms with van der Waals surface area (Å²) in [4.78, 5) is 17.8. The van der Waals surface area contributed by atoms with Gasteiger partial charge in [0.15, 0.2) is 0 Å². The van der Waals surface area contributed by atoms with Crippen molar-refractivity contribution >= 4 is 17.5 Å². The van der Waals surface area contributed by atoms with Gasteiger partial charge in [0.05, 0.1) is 22.0 Å². The highest BCUT2D eigenvalue weighted by Gasteiger charge is 2.30. The van der Waals surface area contributed by atoms with Crippen molar-refractivity contribution in [2.24, 2.45) is 0 Å². The largest absolute Gasteiger partial charge is 0.337 e. The van der Waals surface area contributed by atoms with E-state index in [1.54, 1.807) is 0 Å². The zero-order valence-corrected chi connectivity index (χ0v) is 16.9. The lowest BCUT2D eigenvalue weighted by Gasteiger charge is -2.37. The van der Waals surface area contributed by atoms with Gasteiger partial charge in [0.2, 0.25) is 0 Å². The molecule has 1 amide bonds. The SMILES string of the molecule is Cc1cc(C)n(-c2ccc(Cl)c(C(=O)N3CCCC(N4CCCC4)C3)c2)n1. The van der Waals surface area contributed by atoms with Crippen molar-refractivity contribution in [2.45, 2.75) is 45.6 Å². The number of hydrogen-bond acceptors (Lipinski definition) is 3. The van der Waals surface area contributed by atoms with Gasteiger partial charge in [-0.05, 0) is 76.9 Å². The van der Waals surface area contributed by atoms with Gasteiger partial charge in [-0.2, -0.15) is 5.10 Å². The Kier molecular flexibility index (Phi) is 5.24. The monoisotopic (exact) mass is 386 g/mol. The van der Waals surface area contributed by atoms with Gasteiger partial charge in [-0.25, -0.2) is 4.68 Å². The van der Waals surface area contributed by atoms with Gasteiger partial charge in [0.25, 0.3) is 5.91 Å². The summed E-state index contributed by atoms with van der Waals surface area (Å²) in [5, 5.41) is 5.04. The summed E-state index contributed by atoms with van der Waals surface area (Å²) >= 11 is 6.42. The summed E-state index contributed by atoms with van der Waals surface area (Å²) in [6.07, 6.45) is 4.80. The van der Waals surface area contributed by atoms with Crippen LogP contribution < -0.4 is 0 Å². The Morgan fingerprint density at radius 2 is 1.89 bits per heavy atom. The van der Waals surface area contributed by atoms with E-state index in [-0.39, 0.29) is 5.91 Å². The van der Waals surface area contributed by atoms with Gasteiger partial charge in [-0.1, -0.05) is 11.6 Å². The van der Waals surface area contributed by atoms with Crippen LogP contribution in [0.2, 0.25) is 5.02 Å². The van der Waals surface area contributed by atoms with Gasteiger partial charge in [0, 0.05) is 24.8 Å². The van der Waals surface area contributed by atoms with Crippen LogP contribution in [0.1, 0.15) is 47.4 Å². The van der Waals surface area contributed by atoms with Crippen molar-refractivity contribution in [3.05, 3.63) is 46.2 Å². The molecule has 1 atom stereocenters. The van der Waals surface area contributed by atoms with E-state index in [9.17, 15) is 4.79 Å². The number of aromatic nitrogens is 2. The second-order valence-electron chi connectivity index (χ2n) is 7.79. The number of hydrogen-bond donors (Lipinski definition) is 0. The summed E-state index contributed by atoms with van der Waals surface area (Å²) in [6.45, 7) is 7.93. The Balaban J connectivity index is 1.57.